The topological polar surface area (TPSA) is 41.6 Å². The second kappa shape index (κ2) is 7.36. The number of benzene rings is 1. The lowest BCUT2D eigenvalue weighted by atomic mass is 9.71. The van der Waals surface area contributed by atoms with Crippen LogP contribution in [0.5, 0.6) is 0 Å². The largest absolute Gasteiger partial charge is 0.444 e. The van der Waals surface area contributed by atoms with Crippen molar-refractivity contribution in [2.45, 2.75) is 77.5 Å². The van der Waals surface area contributed by atoms with E-state index in [1.54, 1.807) is 0 Å². The van der Waals surface area contributed by atoms with Crippen LogP contribution in [-0.2, 0) is 10.3 Å². The summed E-state index contributed by atoms with van der Waals surface area (Å²) in [6.07, 6.45) is 2.87. The molecule has 1 aliphatic heterocycles. The van der Waals surface area contributed by atoms with Gasteiger partial charge < -0.3 is 10.1 Å². The van der Waals surface area contributed by atoms with Crippen LogP contribution in [0, 0.1) is 0 Å². The molecule has 1 aromatic carbocycles. The predicted octanol–water partition coefficient (Wildman–Crippen LogP) is 4.69. The fourth-order valence-corrected chi connectivity index (χ4v) is 3.86. The number of carbonyl (C=O) groups excluding carboxylic acids is 1. The summed E-state index contributed by atoms with van der Waals surface area (Å²) < 4.78 is 5.56. The molecule has 140 valence electrons. The highest BCUT2D eigenvalue weighted by molar-refractivity contribution is 5.69. The van der Waals surface area contributed by atoms with Crippen molar-refractivity contribution >= 4 is 6.09 Å². The molecular formula is C21H34N2O2. The summed E-state index contributed by atoms with van der Waals surface area (Å²) in [5.74, 6) is 0. The van der Waals surface area contributed by atoms with Gasteiger partial charge in [-0.15, -0.1) is 0 Å². The molecule has 1 N–H and O–H groups in total. The summed E-state index contributed by atoms with van der Waals surface area (Å²) >= 11 is 0. The monoisotopic (exact) mass is 346 g/mol. The second-order valence-electron chi connectivity index (χ2n) is 8.44. The maximum absolute atomic E-state index is 12.6. The van der Waals surface area contributed by atoms with Gasteiger partial charge in [-0.25, -0.2) is 4.79 Å². The maximum Gasteiger partial charge on any atom is 0.408 e. The minimum Gasteiger partial charge on any atom is -0.444 e. The second-order valence-corrected chi connectivity index (χ2v) is 8.44. The van der Waals surface area contributed by atoms with Gasteiger partial charge in [0.05, 0.1) is 11.1 Å². The zero-order valence-corrected chi connectivity index (χ0v) is 16.7. The smallest absolute Gasteiger partial charge is 0.408 e. The lowest BCUT2D eigenvalue weighted by molar-refractivity contribution is 0.00587. The van der Waals surface area contributed by atoms with Gasteiger partial charge in [0, 0.05) is 0 Å². The zero-order chi connectivity index (χ0) is 18.7. The molecule has 2 atom stereocenters. The molecule has 0 bridgehead atoms. The summed E-state index contributed by atoms with van der Waals surface area (Å²) in [5.41, 5.74) is -0.00947. The maximum atomic E-state index is 12.6. The van der Waals surface area contributed by atoms with Gasteiger partial charge in [-0.2, -0.15) is 0 Å². The molecule has 1 unspecified atom stereocenters. The Morgan fingerprint density at radius 2 is 1.64 bits per heavy atom. The number of rotatable bonds is 5. The third-order valence-electron chi connectivity index (χ3n) is 5.63. The first-order chi connectivity index (χ1) is 11.6. The van der Waals surface area contributed by atoms with E-state index in [-0.39, 0.29) is 11.6 Å². The van der Waals surface area contributed by atoms with E-state index >= 15 is 0 Å². The highest BCUT2D eigenvalue weighted by Gasteiger charge is 2.50. The first-order valence-corrected chi connectivity index (χ1v) is 9.44. The van der Waals surface area contributed by atoms with Gasteiger partial charge in [-0.05, 0) is 72.5 Å². The molecular weight excluding hydrogens is 312 g/mol. The fourth-order valence-electron chi connectivity index (χ4n) is 3.86. The minimum absolute atomic E-state index is 0.295. The van der Waals surface area contributed by atoms with E-state index < -0.39 is 11.1 Å². The predicted molar refractivity (Wildman–Crippen MR) is 103 cm³/mol. The third-order valence-corrected chi connectivity index (χ3v) is 5.63. The summed E-state index contributed by atoms with van der Waals surface area (Å²) in [5, 5.41) is 3.21. The number of nitrogens with one attached hydrogen (secondary N) is 1. The molecule has 1 aromatic rings. The van der Waals surface area contributed by atoms with E-state index in [0.29, 0.717) is 0 Å². The molecule has 0 aromatic heterocycles. The van der Waals surface area contributed by atoms with E-state index in [1.165, 1.54) is 18.4 Å². The van der Waals surface area contributed by atoms with Crippen LogP contribution >= 0.6 is 0 Å². The molecule has 0 spiro atoms. The van der Waals surface area contributed by atoms with Crippen molar-refractivity contribution in [3.63, 3.8) is 0 Å². The molecule has 25 heavy (non-hydrogen) atoms. The Hall–Kier alpha value is -1.55. The highest BCUT2D eigenvalue weighted by Crippen LogP contribution is 2.42. The number of nitrogens with zero attached hydrogens (tertiary/aromatic N) is 1. The zero-order valence-electron chi connectivity index (χ0n) is 16.7. The Balaban J connectivity index is 2.40. The number of hydrogen-bond donors (Lipinski definition) is 1. The van der Waals surface area contributed by atoms with Crippen molar-refractivity contribution in [2.75, 3.05) is 13.1 Å². The van der Waals surface area contributed by atoms with Gasteiger partial charge in [0.2, 0.25) is 0 Å². The Kier molecular flexibility index (Phi) is 5.82. The van der Waals surface area contributed by atoms with Crippen LogP contribution < -0.4 is 5.32 Å². The number of amides is 1. The number of ether oxygens (including phenoxy) is 1. The highest BCUT2D eigenvalue weighted by atomic mass is 16.6. The molecule has 1 aliphatic rings. The molecule has 1 fully saturated rings. The molecule has 1 saturated heterocycles. The molecule has 1 heterocycles. The quantitative estimate of drug-likeness (QED) is 0.841. The van der Waals surface area contributed by atoms with Crippen molar-refractivity contribution < 1.29 is 9.53 Å². The van der Waals surface area contributed by atoms with Crippen molar-refractivity contribution in [3.05, 3.63) is 35.9 Å². The first-order valence-electron chi connectivity index (χ1n) is 9.44. The average molecular weight is 347 g/mol. The molecule has 0 saturated carbocycles. The summed E-state index contributed by atoms with van der Waals surface area (Å²) in [6.45, 7) is 14.3. The summed E-state index contributed by atoms with van der Waals surface area (Å²) in [7, 11) is 0. The lowest BCUT2D eigenvalue weighted by Gasteiger charge is -2.52. The van der Waals surface area contributed by atoms with E-state index in [4.69, 9.17) is 4.74 Å². The van der Waals surface area contributed by atoms with Gasteiger partial charge in [-0.1, -0.05) is 37.3 Å². The summed E-state index contributed by atoms with van der Waals surface area (Å²) in [6, 6.07) is 10.5. The van der Waals surface area contributed by atoms with Gasteiger partial charge in [0.15, 0.2) is 0 Å². The van der Waals surface area contributed by atoms with Crippen molar-refractivity contribution in [1.29, 1.82) is 0 Å². The number of likely N-dealkylation sites (tertiary alicyclic amines) is 1. The minimum atomic E-state index is -0.504. The van der Waals surface area contributed by atoms with Crippen LogP contribution in [0.4, 0.5) is 4.79 Å². The molecule has 0 radical (unpaired) electrons. The average Bonchev–Trinajstić information content (AvgIpc) is 3.07. The number of alkyl carbamates (subject to hydrolysis) is 1. The lowest BCUT2D eigenvalue weighted by Crippen LogP contribution is -2.65. The standard InChI is InChI=1S/C21H34N2O2/c1-7-20(5,22-18(24)25-19(2,3)4)21(6,23-15-11-12-16-23)17-13-9-8-10-14-17/h8-10,13-14H,7,11-12,15-16H2,1-6H3,(H,22,24)/t20?,21-/m1/s1. The van der Waals surface area contributed by atoms with E-state index in [1.807, 2.05) is 26.8 Å². The molecule has 0 aliphatic carbocycles. The molecule has 2 rings (SSSR count). The number of carbonyl (C=O) groups is 1. The fraction of sp³-hybridized carbons (Fsp3) is 0.667. The summed E-state index contributed by atoms with van der Waals surface area (Å²) in [4.78, 5) is 15.1. The normalized spacial score (nSPS) is 20.6. The Morgan fingerprint density at radius 3 is 2.12 bits per heavy atom. The Morgan fingerprint density at radius 1 is 1.08 bits per heavy atom. The van der Waals surface area contributed by atoms with Gasteiger partial charge in [-0.3, -0.25) is 4.90 Å². The third kappa shape index (κ3) is 4.17. The van der Waals surface area contributed by atoms with Crippen LogP contribution in [0.15, 0.2) is 30.3 Å². The van der Waals surface area contributed by atoms with E-state index in [0.717, 1.165) is 19.5 Å². The van der Waals surface area contributed by atoms with E-state index in [2.05, 4.69) is 55.3 Å². The van der Waals surface area contributed by atoms with Gasteiger partial charge in [0.25, 0.3) is 0 Å². The first kappa shape index (κ1) is 19.8. The van der Waals surface area contributed by atoms with E-state index in [9.17, 15) is 4.79 Å². The van der Waals surface area contributed by atoms with Gasteiger partial charge >= 0.3 is 6.09 Å². The van der Waals surface area contributed by atoms with Gasteiger partial charge in [0.1, 0.15) is 5.60 Å². The van der Waals surface area contributed by atoms with Crippen LogP contribution in [0.2, 0.25) is 0 Å². The molecule has 4 heteroatoms. The SMILES string of the molecule is CCC(C)(NC(=O)OC(C)(C)C)[C@@](C)(c1ccccc1)N1CCCC1. The van der Waals surface area contributed by atoms with Crippen LogP contribution in [0.3, 0.4) is 0 Å². The Labute approximate surface area is 152 Å². The van der Waals surface area contributed by atoms with Crippen LogP contribution in [0.25, 0.3) is 0 Å². The van der Waals surface area contributed by atoms with Crippen molar-refractivity contribution in [1.82, 2.24) is 10.2 Å². The molecule has 4 nitrogen and oxygen atoms in total. The van der Waals surface area contributed by atoms with Crippen molar-refractivity contribution in [3.8, 4) is 0 Å². The van der Waals surface area contributed by atoms with Crippen LogP contribution in [0.1, 0.15) is 66.4 Å². The number of hydrogen-bond acceptors (Lipinski definition) is 3. The molecule has 1 amide bonds. The Bertz CT molecular complexity index is 575. The van der Waals surface area contributed by atoms with Crippen LogP contribution in [-0.4, -0.2) is 35.2 Å². The van der Waals surface area contributed by atoms with Crippen molar-refractivity contribution in [2.24, 2.45) is 0 Å².